The van der Waals surface area contributed by atoms with Gasteiger partial charge in [0.05, 0.1) is 13.2 Å². The molecule has 1 fully saturated rings. The van der Waals surface area contributed by atoms with E-state index < -0.39 is 5.54 Å². The van der Waals surface area contributed by atoms with Gasteiger partial charge < -0.3 is 14.8 Å². The molecular weight excluding hydrogens is 218 g/mol. The Balaban J connectivity index is 2.30. The molecule has 1 aliphatic rings. The van der Waals surface area contributed by atoms with Crippen LogP contribution in [0, 0.1) is 5.92 Å². The molecule has 0 bridgehead atoms. The van der Waals surface area contributed by atoms with Gasteiger partial charge in [-0.2, -0.15) is 0 Å². The summed E-state index contributed by atoms with van der Waals surface area (Å²) in [6.45, 7) is 7.88. The Morgan fingerprint density at radius 1 is 1.41 bits per heavy atom. The molecule has 100 valence electrons. The molecule has 0 amide bonds. The average Bonchev–Trinajstić information content (AvgIpc) is 3.09. The molecule has 1 aliphatic carbocycles. The van der Waals surface area contributed by atoms with E-state index in [0.717, 1.165) is 25.5 Å². The number of carbonyl (C=O) groups is 1. The zero-order chi connectivity index (χ0) is 12.7. The molecule has 0 aromatic heterocycles. The summed E-state index contributed by atoms with van der Waals surface area (Å²) >= 11 is 0. The van der Waals surface area contributed by atoms with Crippen LogP contribution in [0.25, 0.3) is 0 Å². The summed E-state index contributed by atoms with van der Waals surface area (Å²) in [5.74, 6) is 0.635. The zero-order valence-electron chi connectivity index (χ0n) is 11.3. The highest BCUT2D eigenvalue weighted by atomic mass is 16.5. The summed E-state index contributed by atoms with van der Waals surface area (Å²) in [7, 11) is 0. The highest BCUT2D eigenvalue weighted by molar-refractivity contribution is 5.80. The highest BCUT2D eigenvalue weighted by Gasteiger charge is 2.34. The van der Waals surface area contributed by atoms with E-state index in [0.29, 0.717) is 13.2 Å². The zero-order valence-corrected chi connectivity index (χ0v) is 11.3. The molecule has 0 radical (unpaired) electrons. The van der Waals surface area contributed by atoms with Crippen LogP contribution in [-0.4, -0.2) is 37.9 Å². The maximum Gasteiger partial charge on any atom is 0.328 e. The van der Waals surface area contributed by atoms with Crippen LogP contribution in [-0.2, 0) is 14.3 Å². The minimum absolute atomic E-state index is 0.228. The first-order chi connectivity index (χ1) is 8.12. The van der Waals surface area contributed by atoms with Crippen LogP contribution in [0.4, 0.5) is 0 Å². The number of hydrogen-bond acceptors (Lipinski definition) is 4. The lowest BCUT2D eigenvalue weighted by Crippen LogP contribution is -2.54. The van der Waals surface area contributed by atoms with Crippen molar-refractivity contribution in [2.75, 3.05) is 26.4 Å². The minimum atomic E-state index is -0.714. The van der Waals surface area contributed by atoms with Crippen molar-refractivity contribution in [2.24, 2.45) is 5.92 Å². The molecule has 4 nitrogen and oxygen atoms in total. The quantitative estimate of drug-likeness (QED) is 0.495. The van der Waals surface area contributed by atoms with Gasteiger partial charge in [0.25, 0.3) is 0 Å². The van der Waals surface area contributed by atoms with Crippen molar-refractivity contribution in [3.63, 3.8) is 0 Å². The van der Waals surface area contributed by atoms with E-state index in [1.54, 1.807) is 0 Å². The molecule has 0 aliphatic heterocycles. The maximum atomic E-state index is 11.8. The summed E-state index contributed by atoms with van der Waals surface area (Å²) in [6.07, 6.45) is 3.79. The van der Waals surface area contributed by atoms with E-state index in [1.165, 1.54) is 12.8 Å². The molecular formula is C13H25NO3. The largest absolute Gasteiger partial charge is 0.465 e. The van der Waals surface area contributed by atoms with Gasteiger partial charge in [0.2, 0.25) is 0 Å². The molecule has 17 heavy (non-hydrogen) atoms. The standard InChI is InChI=1S/C13H25NO3/c1-4-14-13(3,12(15)17-5-2)10-16-9-8-11-6-7-11/h11,14H,4-10H2,1-3H3. The van der Waals surface area contributed by atoms with Gasteiger partial charge in [0.15, 0.2) is 0 Å². The Labute approximate surface area is 104 Å². The van der Waals surface area contributed by atoms with Crippen LogP contribution < -0.4 is 5.32 Å². The fraction of sp³-hybridized carbons (Fsp3) is 0.923. The SMILES string of the molecule is CCNC(C)(COCCC1CC1)C(=O)OCC. The smallest absolute Gasteiger partial charge is 0.328 e. The molecule has 1 saturated carbocycles. The Morgan fingerprint density at radius 2 is 2.12 bits per heavy atom. The van der Waals surface area contributed by atoms with Crippen molar-refractivity contribution in [3.8, 4) is 0 Å². The number of hydrogen-bond donors (Lipinski definition) is 1. The van der Waals surface area contributed by atoms with Crippen LogP contribution in [0.5, 0.6) is 0 Å². The third kappa shape index (κ3) is 5.04. The molecule has 1 atom stereocenters. The molecule has 0 heterocycles. The lowest BCUT2D eigenvalue weighted by molar-refractivity contribution is -0.153. The Bertz CT molecular complexity index is 241. The summed E-state index contributed by atoms with van der Waals surface area (Å²) in [5, 5.41) is 3.15. The maximum absolute atomic E-state index is 11.8. The molecule has 1 rings (SSSR count). The number of likely N-dealkylation sites (N-methyl/N-ethyl adjacent to an activating group) is 1. The van der Waals surface area contributed by atoms with E-state index in [4.69, 9.17) is 9.47 Å². The first kappa shape index (κ1) is 14.5. The van der Waals surface area contributed by atoms with Crippen LogP contribution >= 0.6 is 0 Å². The Kier molecular flexibility index (Phi) is 5.92. The fourth-order valence-electron chi connectivity index (χ4n) is 1.80. The molecule has 0 spiro atoms. The van der Waals surface area contributed by atoms with E-state index in [2.05, 4.69) is 5.32 Å². The van der Waals surface area contributed by atoms with Gasteiger partial charge in [-0.25, -0.2) is 4.79 Å². The first-order valence-electron chi connectivity index (χ1n) is 6.62. The van der Waals surface area contributed by atoms with Crippen molar-refractivity contribution in [1.29, 1.82) is 0 Å². The Hall–Kier alpha value is -0.610. The van der Waals surface area contributed by atoms with Crippen molar-refractivity contribution in [1.82, 2.24) is 5.32 Å². The van der Waals surface area contributed by atoms with Crippen molar-refractivity contribution < 1.29 is 14.3 Å². The third-order valence-electron chi connectivity index (χ3n) is 3.05. The molecule has 1 N–H and O–H groups in total. The van der Waals surface area contributed by atoms with Crippen LogP contribution in [0.3, 0.4) is 0 Å². The molecule has 0 aromatic rings. The first-order valence-corrected chi connectivity index (χ1v) is 6.62. The highest BCUT2D eigenvalue weighted by Crippen LogP contribution is 2.32. The number of carbonyl (C=O) groups excluding carboxylic acids is 1. The van der Waals surface area contributed by atoms with Crippen LogP contribution in [0.1, 0.15) is 40.0 Å². The summed E-state index contributed by atoms with van der Waals surface area (Å²) in [4.78, 5) is 11.8. The molecule has 0 aromatic carbocycles. The molecule has 4 heteroatoms. The molecule has 0 saturated heterocycles. The van der Waals surface area contributed by atoms with Gasteiger partial charge >= 0.3 is 5.97 Å². The average molecular weight is 243 g/mol. The van der Waals surface area contributed by atoms with Gasteiger partial charge in [-0.3, -0.25) is 0 Å². The lowest BCUT2D eigenvalue weighted by Gasteiger charge is -2.27. The second-order valence-electron chi connectivity index (χ2n) is 4.87. The van der Waals surface area contributed by atoms with E-state index >= 15 is 0 Å². The van der Waals surface area contributed by atoms with Crippen molar-refractivity contribution >= 4 is 5.97 Å². The Morgan fingerprint density at radius 3 is 2.65 bits per heavy atom. The number of rotatable bonds is 9. The van der Waals surface area contributed by atoms with Crippen molar-refractivity contribution in [2.45, 2.75) is 45.6 Å². The second-order valence-corrected chi connectivity index (χ2v) is 4.87. The normalized spacial score (nSPS) is 18.8. The van der Waals surface area contributed by atoms with Gasteiger partial charge in [0.1, 0.15) is 5.54 Å². The topological polar surface area (TPSA) is 47.6 Å². The van der Waals surface area contributed by atoms with Crippen molar-refractivity contribution in [3.05, 3.63) is 0 Å². The van der Waals surface area contributed by atoms with Gasteiger partial charge in [-0.05, 0) is 32.7 Å². The van der Waals surface area contributed by atoms with Gasteiger partial charge in [-0.1, -0.05) is 19.8 Å². The third-order valence-corrected chi connectivity index (χ3v) is 3.05. The lowest BCUT2D eigenvalue weighted by atomic mass is 10.0. The second kappa shape index (κ2) is 6.97. The van der Waals surface area contributed by atoms with Crippen LogP contribution in [0.15, 0.2) is 0 Å². The van der Waals surface area contributed by atoms with Crippen LogP contribution in [0.2, 0.25) is 0 Å². The predicted molar refractivity (Wildman–Crippen MR) is 66.9 cm³/mol. The molecule has 1 unspecified atom stereocenters. The number of esters is 1. The fourth-order valence-corrected chi connectivity index (χ4v) is 1.80. The van der Waals surface area contributed by atoms with E-state index in [-0.39, 0.29) is 5.97 Å². The predicted octanol–water partition coefficient (Wildman–Crippen LogP) is 1.73. The van der Waals surface area contributed by atoms with E-state index in [1.807, 2.05) is 20.8 Å². The summed E-state index contributed by atoms with van der Waals surface area (Å²) in [5.41, 5.74) is -0.714. The summed E-state index contributed by atoms with van der Waals surface area (Å²) in [6, 6.07) is 0. The minimum Gasteiger partial charge on any atom is -0.465 e. The number of nitrogens with one attached hydrogen (secondary N) is 1. The monoisotopic (exact) mass is 243 g/mol. The summed E-state index contributed by atoms with van der Waals surface area (Å²) < 4.78 is 10.7. The number of ether oxygens (including phenoxy) is 2. The van der Waals surface area contributed by atoms with Gasteiger partial charge in [0, 0.05) is 6.61 Å². The van der Waals surface area contributed by atoms with Gasteiger partial charge in [-0.15, -0.1) is 0 Å². The van der Waals surface area contributed by atoms with E-state index in [9.17, 15) is 4.79 Å².